The van der Waals surface area contributed by atoms with Gasteiger partial charge in [0.15, 0.2) is 0 Å². The van der Waals surface area contributed by atoms with Crippen LogP contribution in [0.5, 0.6) is 0 Å². The van der Waals surface area contributed by atoms with Gasteiger partial charge in [0.25, 0.3) is 0 Å². The molecule has 1 rings (SSSR count). The van der Waals surface area contributed by atoms with Gasteiger partial charge in [0.1, 0.15) is 0 Å². The second kappa shape index (κ2) is 3.44. The molecule has 3 nitrogen and oxygen atoms in total. The Kier molecular flexibility index (Phi) is 2.73. The van der Waals surface area contributed by atoms with Gasteiger partial charge in [-0.15, -0.1) is 0 Å². The Balaban J connectivity index is 2.41. The molecule has 0 aliphatic heterocycles. The fourth-order valence-corrected chi connectivity index (χ4v) is 1.27. The fourth-order valence-electron chi connectivity index (χ4n) is 1.27. The quantitative estimate of drug-likeness (QED) is 0.646. The van der Waals surface area contributed by atoms with Crippen molar-refractivity contribution in [2.75, 3.05) is 6.61 Å². The lowest BCUT2D eigenvalue weighted by Crippen LogP contribution is -2.29. The van der Waals surface area contributed by atoms with Crippen LogP contribution < -0.4 is 0 Å². The molecule has 0 heterocycles. The molecule has 0 amide bonds. The highest BCUT2D eigenvalue weighted by atomic mass is 16.5. The van der Waals surface area contributed by atoms with E-state index in [0.29, 0.717) is 6.61 Å². The number of carbonyl (C=O) groups excluding carboxylic acids is 1. The molecule has 0 radical (unpaired) electrons. The van der Waals surface area contributed by atoms with Crippen molar-refractivity contribution in [3.63, 3.8) is 0 Å². The molecule has 1 unspecified atom stereocenters. The van der Waals surface area contributed by atoms with E-state index in [1.165, 1.54) is 0 Å². The number of aliphatic hydroxyl groups is 1. The molecule has 1 N–H and O–H groups in total. The summed E-state index contributed by atoms with van der Waals surface area (Å²) in [4.78, 5) is 11.3. The zero-order valence-corrected chi connectivity index (χ0v) is 7.67. The summed E-state index contributed by atoms with van der Waals surface area (Å²) in [7, 11) is 0. The molecule has 1 aliphatic rings. The van der Waals surface area contributed by atoms with Crippen LogP contribution in [0, 0.1) is 5.41 Å². The van der Waals surface area contributed by atoms with E-state index in [0.717, 1.165) is 19.3 Å². The smallest absolute Gasteiger partial charge is 0.314 e. The molecule has 70 valence electrons. The summed E-state index contributed by atoms with van der Waals surface area (Å²) >= 11 is 0. The highest BCUT2D eigenvalue weighted by molar-refractivity contribution is 5.80. The fraction of sp³-hybridized carbons (Fsp3) is 0.889. The molecule has 0 aromatic rings. The van der Waals surface area contributed by atoms with E-state index >= 15 is 0 Å². The van der Waals surface area contributed by atoms with Crippen LogP contribution in [-0.2, 0) is 9.53 Å². The summed E-state index contributed by atoms with van der Waals surface area (Å²) in [6, 6.07) is 0. The molecule has 1 fully saturated rings. The van der Waals surface area contributed by atoms with Crippen LogP contribution in [0.15, 0.2) is 0 Å². The molecule has 0 aromatic heterocycles. The molecule has 1 atom stereocenters. The van der Waals surface area contributed by atoms with Gasteiger partial charge in [0, 0.05) is 0 Å². The number of carbonyl (C=O) groups is 1. The normalized spacial score (nSPS) is 21.6. The molecule has 0 aromatic carbocycles. The van der Waals surface area contributed by atoms with Gasteiger partial charge in [0.05, 0.1) is 18.1 Å². The second-order valence-corrected chi connectivity index (χ2v) is 3.47. The predicted octanol–water partition coefficient (Wildman–Crippen LogP) is 1.10. The summed E-state index contributed by atoms with van der Waals surface area (Å²) in [6.45, 7) is 4.07. The van der Waals surface area contributed by atoms with Crippen LogP contribution in [0.2, 0.25) is 0 Å². The predicted molar refractivity (Wildman–Crippen MR) is 44.6 cm³/mol. The number of hydrogen-bond donors (Lipinski definition) is 1. The van der Waals surface area contributed by atoms with Crippen LogP contribution in [0.25, 0.3) is 0 Å². The summed E-state index contributed by atoms with van der Waals surface area (Å²) in [5.41, 5.74) is -0.546. The first-order valence-electron chi connectivity index (χ1n) is 4.49. The number of ether oxygens (including phenoxy) is 1. The first-order valence-corrected chi connectivity index (χ1v) is 4.49. The van der Waals surface area contributed by atoms with E-state index in [9.17, 15) is 9.90 Å². The summed E-state index contributed by atoms with van der Waals surface area (Å²) in [5.74, 6) is -0.223. The van der Waals surface area contributed by atoms with Gasteiger partial charge in [-0.25, -0.2) is 0 Å². The lowest BCUT2D eigenvalue weighted by atomic mass is 10.0. The molecule has 12 heavy (non-hydrogen) atoms. The first kappa shape index (κ1) is 9.52. The maximum absolute atomic E-state index is 11.3. The number of rotatable bonds is 4. The van der Waals surface area contributed by atoms with Crippen molar-refractivity contribution >= 4 is 5.97 Å². The highest BCUT2D eigenvalue weighted by Gasteiger charge is 2.55. The average molecular weight is 172 g/mol. The van der Waals surface area contributed by atoms with E-state index in [2.05, 4.69) is 0 Å². The Morgan fingerprint density at radius 3 is 2.58 bits per heavy atom. The minimum Gasteiger partial charge on any atom is -0.465 e. The third-order valence-corrected chi connectivity index (χ3v) is 2.43. The summed E-state index contributed by atoms with van der Waals surface area (Å²) < 4.78 is 4.98. The topological polar surface area (TPSA) is 46.5 Å². The maximum atomic E-state index is 11.3. The zero-order valence-electron chi connectivity index (χ0n) is 7.67. The molecule has 1 saturated carbocycles. The van der Waals surface area contributed by atoms with E-state index in [4.69, 9.17) is 4.74 Å². The number of hydrogen-bond acceptors (Lipinski definition) is 3. The Morgan fingerprint density at radius 1 is 1.67 bits per heavy atom. The van der Waals surface area contributed by atoms with E-state index < -0.39 is 11.5 Å². The van der Waals surface area contributed by atoms with Crippen molar-refractivity contribution in [3.8, 4) is 0 Å². The zero-order chi connectivity index (χ0) is 9.19. The Morgan fingerprint density at radius 2 is 2.25 bits per heavy atom. The lowest BCUT2D eigenvalue weighted by Gasteiger charge is -2.16. The summed E-state index contributed by atoms with van der Waals surface area (Å²) in [5, 5.41) is 9.31. The van der Waals surface area contributed by atoms with Gasteiger partial charge in [0.2, 0.25) is 0 Å². The minimum absolute atomic E-state index is 0.223. The molecule has 1 aliphatic carbocycles. The third kappa shape index (κ3) is 1.61. The Hall–Kier alpha value is -0.570. The maximum Gasteiger partial charge on any atom is 0.314 e. The van der Waals surface area contributed by atoms with Crippen LogP contribution >= 0.6 is 0 Å². The SMILES string of the molecule is CCCOC(=O)C1(C(C)O)CC1. The van der Waals surface area contributed by atoms with Crippen molar-refractivity contribution in [3.05, 3.63) is 0 Å². The number of aliphatic hydroxyl groups excluding tert-OH is 1. The van der Waals surface area contributed by atoms with Crippen molar-refractivity contribution in [1.82, 2.24) is 0 Å². The van der Waals surface area contributed by atoms with E-state index in [-0.39, 0.29) is 5.97 Å². The average Bonchev–Trinajstić information content (AvgIpc) is 2.80. The van der Waals surface area contributed by atoms with Crippen molar-refractivity contribution in [2.24, 2.45) is 5.41 Å². The van der Waals surface area contributed by atoms with Crippen molar-refractivity contribution in [2.45, 2.75) is 39.2 Å². The number of esters is 1. The Bertz CT molecular complexity index is 171. The van der Waals surface area contributed by atoms with Gasteiger partial charge in [-0.1, -0.05) is 6.92 Å². The van der Waals surface area contributed by atoms with Gasteiger partial charge in [-0.2, -0.15) is 0 Å². The van der Waals surface area contributed by atoms with Crippen molar-refractivity contribution in [1.29, 1.82) is 0 Å². The third-order valence-electron chi connectivity index (χ3n) is 2.43. The van der Waals surface area contributed by atoms with E-state index in [1.807, 2.05) is 6.92 Å². The minimum atomic E-state index is -0.568. The standard InChI is InChI=1S/C9H16O3/c1-3-6-12-8(11)9(4-5-9)7(2)10/h7,10H,3-6H2,1-2H3. The Labute approximate surface area is 72.7 Å². The molecular formula is C9H16O3. The van der Waals surface area contributed by atoms with Crippen LogP contribution in [0.1, 0.15) is 33.1 Å². The largest absolute Gasteiger partial charge is 0.465 e. The van der Waals surface area contributed by atoms with Gasteiger partial charge in [-0.3, -0.25) is 4.79 Å². The van der Waals surface area contributed by atoms with Crippen molar-refractivity contribution < 1.29 is 14.6 Å². The summed E-state index contributed by atoms with van der Waals surface area (Å²) in [6.07, 6.45) is 1.81. The monoisotopic (exact) mass is 172 g/mol. The molecule has 0 bridgehead atoms. The molecular weight excluding hydrogens is 156 g/mol. The molecule has 0 spiro atoms. The second-order valence-electron chi connectivity index (χ2n) is 3.47. The molecule has 3 heteroatoms. The van der Waals surface area contributed by atoms with E-state index in [1.54, 1.807) is 6.92 Å². The van der Waals surface area contributed by atoms with Crippen LogP contribution in [-0.4, -0.2) is 23.8 Å². The first-order chi connectivity index (χ1) is 5.63. The van der Waals surface area contributed by atoms with Gasteiger partial charge < -0.3 is 9.84 Å². The van der Waals surface area contributed by atoms with Crippen LogP contribution in [0.3, 0.4) is 0 Å². The van der Waals surface area contributed by atoms with Crippen LogP contribution in [0.4, 0.5) is 0 Å². The highest BCUT2D eigenvalue weighted by Crippen LogP contribution is 2.49. The van der Waals surface area contributed by atoms with Gasteiger partial charge >= 0.3 is 5.97 Å². The molecule has 0 saturated heterocycles. The lowest BCUT2D eigenvalue weighted by molar-refractivity contribution is -0.154. The van der Waals surface area contributed by atoms with Gasteiger partial charge in [-0.05, 0) is 26.2 Å².